The van der Waals surface area contributed by atoms with E-state index in [1.807, 2.05) is 0 Å². The Morgan fingerprint density at radius 1 is 1.12 bits per heavy atom. The van der Waals surface area contributed by atoms with Gasteiger partial charge < -0.3 is 4.74 Å². The van der Waals surface area contributed by atoms with E-state index >= 15 is 0 Å². The first-order valence-corrected chi connectivity index (χ1v) is 6.72. The molecule has 1 fully saturated rings. The van der Waals surface area contributed by atoms with Crippen molar-refractivity contribution in [1.82, 2.24) is 0 Å². The van der Waals surface area contributed by atoms with Crippen LogP contribution in [0.1, 0.15) is 43.6 Å². The van der Waals surface area contributed by atoms with Crippen molar-refractivity contribution in [2.45, 2.75) is 43.6 Å². The highest BCUT2D eigenvalue weighted by Gasteiger charge is 2.37. The maximum absolute atomic E-state index is 6.07. The summed E-state index contributed by atoms with van der Waals surface area (Å²) in [5.41, 5.74) is 1.64. The maximum atomic E-state index is 6.07. The molecule has 1 aliphatic heterocycles. The minimum absolute atomic E-state index is 0.146. The molecule has 0 N–H and O–H groups in total. The summed E-state index contributed by atoms with van der Waals surface area (Å²) in [5, 5.41) is 0. The molecule has 90 valence electrons. The van der Waals surface area contributed by atoms with E-state index in [0.29, 0.717) is 5.92 Å². The molecule has 0 amide bonds. The third-order valence-electron chi connectivity index (χ3n) is 4.22. The monoisotopic (exact) mass is 228 g/mol. The predicted molar refractivity (Wildman–Crippen MR) is 70.1 cm³/mol. The molecule has 1 nitrogen and oxygen atoms in total. The van der Waals surface area contributed by atoms with Crippen LogP contribution in [0.15, 0.2) is 42.5 Å². The van der Waals surface area contributed by atoms with Crippen LogP contribution >= 0.6 is 0 Å². The lowest BCUT2D eigenvalue weighted by Gasteiger charge is -2.42. The fourth-order valence-electron chi connectivity index (χ4n) is 3.30. The van der Waals surface area contributed by atoms with Crippen LogP contribution < -0.4 is 0 Å². The molecule has 2 aliphatic rings. The lowest BCUT2D eigenvalue weighted by atomic mass is 9.73. The van der Waals surface area contributed by atoms with Crippen LogP contribution in [0.5, 0.6) is 0 Å². The van der Waals surface area contributed by atoms with Gasteiger partial charge in [-0.05, 0) is 43.6 Å². The zero-order chi connectivity index (χ0) is 11.6. The molecular weight excluding hydrogens is 208 g/mol. The summed E-state index contributed by atoms with van der Waals surface area (Å²) < 4.78 is 6.07. The summed E-state index contributed by atoms with van der Waals surface area (Å²) in [4.78, 5) is 0. The van der Waals surface area contributed by atoms with Crippen LogP contribution in [-0.4, -0.2) is 12.2 Å². The first-order chi connectivity index (χ1) is 8.38. The lowest BCUT2D eigenvalue weighted by Crippen LogP contribution is -2.38. The molecule has 0 unspecified atom stereocenters. The van der Waals surface area contributed by atoms with E-state index in [9.17, 15) is 0 Å². The highest BCUT2D eigenvalue weighted by molar-refractivity contribution is 5.21. The van der Waals surface area contributed by atoms with Crippen molar-refractivity contribution in [2.24, 2.45) is 0 Å². The molecular formula is C16H20O. The Hall–Kier alpha value is -1.08. The van der Waals surface area contributed by atoms with Crippen molar-refractivity contribution in [3.63, 3.8) is 0 Å². The first kappa shape index (κ1) is 11.0. The smallest absolute Gasteiger partial charge is 0.0726 e. The van der Waals surface area contributed by atoms with Crippen molar-refractivity contribution in [2.75, 3.05) is 6.61 Å². The molecule has 3 rings (SSSR count). The molecule has 2 atom stereocenters. The zero-order valence-corrected chi connectivity index (χ0v) is 10.3. The molecule has 1 heterocycles. The van der Waals surface area contributed by atoms with Gasteiger partial charge in [-0.25, -0.2) is 0 Å². The second kappa shape index (κ2) is 4.66. The van der Waals surface area contributed by atoms with Crippen molar-refractivity contribution < 1.29 is 4.74 Å². The van der Waals surface area contributed by atoms with Gasteiger partial charge in [0.25, 0.3) is 0 Å². The summed E-state index contributed by atoms with van der Waals surface area (Å²) in [7, 11) is 0. The molecule has 1 heteroatoms. The largest absolute Gasteiger partial charge is 0.371 e. The summed E-state index contributed by atoms with van der Waals surface area (Å²) >= 11 is 0. The lowest BCUT2D eigenvalue weighted by molar-refractivity contribution is -0.0669. The van der Waals surface area contributed by atoms with Gasteiger partial charge >= 0.3 is 0 Å². The van der Waals surface area contributed by atoms with Crippen molar-refractivity contribution >= 4 is 0 Å². The number of benzene rings is 1. The predicted octanol–water partition coefficient (Wildman–Crippen LogP) is 4.06. The fourth-order valence-corrected chi connectivity index (χ4v) is 3.30. The highest BCUT2D eigenvalue weighted by Crippen LogP contribution is 2.43. The molecule has 1 saturated carbocycles. The van der Waals surface area contributed by atoms with Crippen molar-refractivity contribution in [3.8, 4) is 0 Å². The quantitative estimate of drug-likeness (QED) is 0.659. The number of hydrogen-bond acceptors (Lipinski definition) is 1. The average molecular weight is 228 g/mol. The van der Waals surface area contributed by atoms with E-state index in [4.69, 9.17) is 4.74 Å². The Kier molecular flexibility index (Phi) is 3.02. The molecule has 0 bridgehead atoms. The number of rotatable bonds is 1. The second-order valence-electron chi connectivity index (χ2n) is 5.37. The Morgan fingerprint density at radius 3 is 2.76 bits per heavy atom. The Labute approximate surface area is 103 Å². The van der Waals surface area contributed by atoms with E-state index in [2.05, 4.69) is 42.5 Å². The van der Waals surface area contributed by atoms with Crippen LogP contribution in [0.2, 0.25) is 0 Å². The molecule has 1 aromatic rings. The van der Waals surface area contributed by atoms with Crippen molar-refractivity contribution in [1.29, 1.82) is 0 Å². The summed E-state index contributed by atoms with van der Waals surface area (Å²) in [6.07, 6.45) is 10.6. The van der Waals surface area contributed by atoms with Crippen LogP contribution in [0.4, 0.5) is 0 Å². The minimum Gasteiger partial charge on any atom is -0.371 e. The van der Waals surface area contributed by atoms with E-state index in [1.54, 1.807) is 0 Å². The summed E-state index contributed by atoms with van der Waals surface area (Å²) in [6.45, 7) is 0.807. The standard InChI is InChI=1S/C16H20O/c1-2-7-14(8-3-1)15-9-6-11-16(13-15)10-4-5-12-17-16/h1-5,7-8,15H,6,9-13H2/t15-,16-/m0/s1. The highest BCUT2D eigenvalue weighted by atomic mass is 16.5. The molecule has 1 aromatic carbocycles. The van der Waals surface area contributed by atoms with Crippen LogP contribution in [0.3, 0.4) is 0 Å². The third-order valence-corrected chi connectivity index (χ3v) is 4.22. The van der Waals surface area contributed by atoms with E-state index in [0.717, 1.165) is 13.0 Å². The molecule has 0 aromatic heterocycles. The summed E-state index contributed by atoms with van der Waals surface area (Å²) in [5.74, 6) is 0.691. The van der Waals surface area contributed by atoms with Gasteiger partial charge in [0.1, 0.15) is 0 Å². The molecule has 0 saturated heterocycles. The Bertz CT molecular complexity index is 395. The summed E-state index contributed by atoms with van der Waals surface area (Å²) in [6, 6.07) is 10.9. The van der Waals surface area contributed by atoms with E-state index < -0.39 is 0 Å². The van der Waals surface area contributed by atoms with Crippen molar-refractivity contribution in [3.05, 3.63) is 48.0 Å². The van der Waals surface area contributed by atoms with Gasteiger partial charge in [0.15, 0.2) is 0 Å². The van der Waals surface area contributed by atoms with E-state index in [-0.39, 0.29) is 5.60 Å². The van der Waals surface area contributed by atoms with Crippen LogP contribution in [0.25, 0.3) is 0 Å². The first-order valence-electron chi connectivity index (χ1n) is 6.72. The molecule has 1 aliphatic carbocycles. The maximum Gasteiger partial charge on any atom is 0.0726 e. The zero-order valence-electron chi connectivity index (χ0n) is 10.3. The molecule has 0 radical (unpaired) electrons. The topological polar surface area (TPSA) is 9.23 Å². The van der Waals surface area contributed by atoms with Gasteiger partial charge in [0.05, 0.1) is 12.2 Å². The SMILES string of the molecule is C1=CC[C@@]2(CCC[C@H](c3ccccc3)C2)OC1. The minimum atomic E-state index is 0.146. The van der Waals surface area contributed by atoms with Crippen LogP contribution in [-0.2, 0) is 4.74 Å². The molecule has 1 spiro atoms. The number of hydrogen-bond donors (Lipinski definition) is 0. The Balaban J connectivity index is 1.78. The van der Waals surface area contributed by atoms with Crippen LogP contribution in [0, 0.1) is 0 Å². The third kappa shape index (κ3) is 2.30. The van der Waals surface area contributed by atoms with E-state index in [1.165, 1.54) is 31.2 Å². The fraction of sp³-hybridized carbons (Fsp3) is 0.500. The number of ether oxygens (including phenoxy) is 1. The van der Waals surface area contributed by atoms with Gasteiger partial charge in [0, 0.05) is 0 Å². The normalized spacial score (nSPS) is 32.8. The average Bonchev–Trinajstić information content (AvgIpc) is 2.41. The Morgan fingerprint density at radius 2 is 2.00 bits per heavy atom. The second-order valence-corrected chi connectivity index (χ2v) is 5.37. The molecule has 17 heavy (non-hydrogen) atoms. The van der Waals surface area contributed by atoms with Gasteiger partial charge in [-0.3, -0.25) is 0 Å². The van der Waals surface area contributed by atoms with Gasteiger partial charge in [0.2, 0.25) is 0 Å². The van der Waals surface area contributed by atoms with Gasteiger partial charge in [-0.1, -0.05) is 42.5 Å². The van der Waals surface area contributed by atoms with Gasteiger partial charge in [-0.15, -0.1) is 0 Å². The van der Waals surface area contributed by atoms with Gasteiger partial charge in [-0.2, -0.15) is 0 Å².